The third kappa shape index (κ3) is 3.08. The van der Waals surface area contributed by atoms with Crippen molar-refractivity contribution in [2.75, 3.05) is 6.54 Å². The third-order valence-electron chi connectivity index (χ3n) is 3.84. The predicted molar refractivity (Wildman–Crippen MR) is 80.7 cm³/mol. The lowest BCUT2D eigenvalue weighted by Crippen LogP contribution is -2.37. The number of hydrogen-bond donors (Lipinski definition) is 0. The van der Waals surface area contributed by atoms with Crippen LogP contribution in [0, 0.1) is 5.82 Å². The van der Waals surface area contributed by atoms with Crippen molar-refractivity contribution in [2.45, 2.75) is 19.4 Å². The maximum absolute atomic E-state index is 13.8. The van der Waals surface area contributed by atoms with E-state index in [1.54, 1.807) is 17.0 Å². The van der Waals surface area contributed by atoms with E-state index in [-0.39, 0.29) is 12.3 Å². The quantitative estimate of drug-likeness (QED) is 0.830. The molecule has 0 aliphatic carbocycles. The molecular weight excluding hydrogens is 289 g/mol. The van der Waals surface area contributed by atoms with Crippen molar-refractivity contribution < 1.29 is 9.18 Å². The van der Waals surface area contributed by atoms with Crippen LogP contribution in [0.2, 0.25) is 5.02 Å². The average Bonchev–Trinajstić information content (AvgIpc) is 2.49. The average molecular weight is 304 g/mol. The molecule has 1 aliphatic rings. The fourth-order valence-electron chi connectivity index (χ4n) is 2.65. The molecule has 1 heterocycles. The summed E-state index contributed by atoms with van der Waals surface area (Å²) in [6.07, 6.45) is 0.927. The first kappa shape index (κ1) is 14.1. The molecule has 1 amide bonds. The Balaban J connectivity index is 1.72. The van der Waals surface area contributed by atoms with E-state index < -0.39 is 5.82 Å². The zero-order valence-corrected chi connectivity index (χ0v) is 12.2. The minimum absolute atomic E-state index is 0.0503. The normalized spacial score (nSPS) is 13.9. The molecule has 0 bridgehead atoms. The summed E-state index contributed by atoms with van der Waals surface area (Å²) in [4.78, 5) is 14.1. The smallest absolute Gasteiger partial charge is 0.227 e. The van der Waals surface area contributed by atoms with Gasteiger partial charge < -0.3 is 4.90 Å². The third-order valence-corrected chi connectivity index (χ3v) is 4.08. The van der Waals surface area contributed by atoms with Crippen LogP contribution in [0.3, 0.4) is 0 Å². The Kier molecular flexibility index (Phi) is 3.93. The van der Waals surface area contributed by atoms with E-state index in [4.69, 9.17) is 11.6 Å². The molecule has 0 spiro atoms. The van der Waals surface area contributed by atoms with E-state index in [2.05, 4.69) is 6.07 Å². The maximum atomic E-state index is 13.8. The number of hydrogen-bond acceptors (Lipinski definition) is 1. The van der Waals surface area contributed by atoms with Gasteiger partial charge in [0.15, 0.2) is 0 Å². The van der Waals surface area contributed by atoms with Gasteiger partial charge in [-0.1, -0.05) is 41.9 Å². The number of fused-ring (bicyclic) bond motifs is 1. The van der Waals surface area contributed by atoms with Crippen LogP contribution in [0.25, 0.3) is 0 Å². The van der Waals surface area contributed by atoms with Gasteiger partial charge in [-0.3, -0.25) is 4.79 Å². The second kappa shape index (κ2) is 5.86. The van der Waals surface area contributed by atoms with Crippen LogP contribution in [0.5, 0.6) is 0 Å². The Bertz CT molecular complexity index is 686. The van der Waals surface area contributed by atoms with Crippen LogP contribution < -0.4 is 0 Å². The van der Waals surface area contributed by atoms with Crippen molar-refractivity contribution in [3.8, 4) is 0 Å². The van der Waals surface area contributed by atoms with Crippen molar-refractivity contribution in [3.05, 3.63) is 70.0 Å². The minimum Gasteiger partial charge on any atom is -0.338 e. The number of nitrogens with zero attached hydrogens (tertiary/aromatic N) is 1. The summed E-state index contributed by atoms with van der Waals surface area (Å²) in [5.74, 6) is -0.473. The molecule has 0 saturated carbocycles. The van der Waals surface area contributed by atoms with Gasteiger partial charge in [-0.05, 0) is 35.2 Å². The van der Waals surface area contributed by atoms with Crippen LogP contribution in [-0.2, 0) is 24.2 Å². The summed E-state index contributed by atoms with van der Waals surface area (Å²) in [5.41, 5.74) is 2.86. The van der Waals surface area contributed by atoms with Crippen molar-refractivity contribution >= 4 is 17.5 Å². The standard InChI is InChI=1S/C17H15ClFNO/c18-15-6-5-13(16(19)10-15)9-17(21)20-8-7-12-3-1-2-4-14(12)11-20/h1-6,10H,7-9,11H2. The van der Waals surface area contributed by atoms with Crippen LogP contribution >= 0.6 is 11.6 Å². The molecule has 0 radical (unpaired) electrons. The Labute approximate surface area is 128 Å². The van der Waals surface area contributed by atoms with Gasteiger partial charge >= 0.3 is 0 Å². The Morgan fingerprint density at radius 3 is 2.71 bits per heavy atom. The van der Waals surface area contributed by atoms with Crippen molar-refractivity contribution in [1.82, 2.24) is 4.90 Å². The summed E-state index contributed by atoms with van der Waals surface area (Å²) in [5, 5.41) is 0.343. The molecule has 4 heteroatoms. The molecule has 0 unspecified atom stereocenters. The maximum Gasteiger partial charge on any atom is 0.227 e. The van der Waals surface area contributed by atoms with Crippen molar-refractivity contribution in [1.29, 1.82) is 0 Å². The van der Waals surface area contributed by atoms with Gasteiger partial charge in [0.2, 0.25) is 5.91 Å². The van der Waals surface area contributed by atoms with E-state index in [1.807, 2.05) is 18.2 Å². The predicted octanol–water partition coefficient (Wildman–Crippen LogP) is 3.61. The summed E-state index contributed by atoms with van der Waals surface area (Å²) in [7, 11) is 0. The Hall–Kier alpha value is -1.87. The monoisotopic (exact) mass is 303 g/mol. The SMILES string of the molecule is O=C(Cc1ccc(Cl)cc1F)N1CCc2ccccc2C1. The molecule has 2 aromatic carbocycles. The molecule has 0 N–H and O–H groups in total. The first-order valence-electron chi connectivity index (χ1n) is 6.92. The zero-order chi connectivity index (χ0) is 14.8. The van der Waals surface area contributed by atoms with E-state index in [0.717, 1.165) is 6.42 Å². The number of halogens is 2. The molecule has 0 aromatic heterocycles. The van der Waals surface area contributed by atoms with Gasteiger partial charge in [0, 0.05) is 18.1 Å². The molecule has 0 atom stereocenters. The van der Waals surface area contributed by atoms with Crippen molar-refractivity contribution in [2.24, 2.45) is 0 Å². The Morgan fingerprint density at radius 1 is 1.19 bits per heavy atom. The van der Waals surface area contributed by atoms with Gasteiger partial charge in [-0.15, -0.1) is 0 Å². The number of carbonyl (C=O) groups is 1. The number of amides is 1. The fourth-order valence-corrected chi connectivity index (χ4v) is 2.81. The number of benzene rings is 2. The lowest BCUT2D eigenvalue weighted by atomic mass is 9.99. The minimum atomic E-state index is -0.423. The van der Waals surface area contributed by atoms with Crippen LogP contribution in [0.1, 0.15) is 16.7 Å². The number of carbonyl (C=O) groups excluding carboxylic acids is 1. The van der Waals surface area contributed by atoms with Crippen LogP contribution in [0.4, 0.5) is 4.39 Å². The molecular formula is C17H15ClFNO. The second-order valence-corrected chi connectivity index (χ2v) is 5.68. The van der Waals surface area contributed by atoms with E-state index in [9.17, 15) is 9.18 Å². The van der Waals surface area contributed by atoms with E-state index in [0.29, 0.717) is 23.7 Å². The van der Waals surface area contributed by atoms with Crippen molar-refractivity contribution in [3.63, 3.8) is 0 Å². The summed E-state index contributed by atoms with van der Waals surface area (Å²) in [6, 6.07) is 12.6. The molecule has 0 fully saturated rings. The molecule has 2 aromatic rings. The second-order valence-electron chi connectivity index (χ2n) is 5.25. The summed E-state index contributed by atoms with van der Waals surface area (Å²) >= 11 is 5.72. The highest BCUT2D eigenvalue weighted by atomic mass is 35.5. The first-order chi connectivity index (χ1) is 10.1. The van der Waals surface area contributed by atoms with Crippen LogP contribution in [0.15, 0.2) is 42.5 Å². The van der Waals surface area contributed by atoms with E-state index in [1.165, 1.54) is 17.2 Å². The van der Waals surface area contributed by atoms with E-state index >= 15 is 0 Å². The van der Waals surface area contributed by atoms with Gasteiger partial charge in [-0.25, -0.2) is 4.39 Å². The molecule has 3 rings (SSSR count). The molecule has 1 aliphatic heterocycles. The first-order valence-corrected chi connectivity index (χ1v) is 7.30. The molecule has 0 saturated heterocycles. The topological polar surface area (TPSA) is 20.3 Å². The highest BCUT2D eigenvalue weighted by Crippen LogP contribution is 2.20. The largest absolute Gasteiger partial charge is 0.338 e. The molecule has 2 nitrogen and oxygen atoms in total. The van der Waals surface area contributed by atoms with Gasteiger partial charge in [0.25, 0.3) is 0 Å². The van der Waals surface area contributed by atoms with Gasteiger partial charge in [0.05, 0.1) is 6.42 Å². The van der Waals surface area contributed by atoms with Gasteiger partial charge in [0.1, 0.15) is 5.82 Å². The number of rotatable bonds is 2. The fraction of sp³-hybridized carbons (Fsp3) is 0.235. The molecule has 108 valence electrons. The van der Waals surface area contributed by atoms with Gasteiger partial charge in [-0.2, -0.15) is 0 Å². The highest BCUT2D eigenvalue weighted by molar-refractivity contribution is 6.30. The molecule has 21 heavy (non-hydrogen) atoms. The summed E-state index contributed by atoms with van der Waals surface area (Å²) < 4.78 is 13.8. The van der Waals surface area contributed by atoms with Crippen LogP contribution in [-0.4, -0.2) is 17.4 Å². The zero-order valence-electron chi connectivity index (χ0n) is 11.5. The lowest BCUT2D eigenvalue weighted by Gasteiger charge is -2.29. The summed E-state index contributed by atoms with van der Waals surface area (Å²) in [6.45, 7) is 1.29. The lowest BCUT2D eigenvalue weighted by molar-refractivity contribution is -0.131. The highest BCUT2D eigenvalue weighted by Gasteiger charge is 2.21. The Morgan fingerprint density at radius 2 is 1.95 bits per heavy atom.